The smallest absolute Gasteiger partial charge is 0.251 e. The first kappa shape index (κ1) is 16.5. The van der Waals surface area contributed by atoms with Crippen molar-refractivity contribution in [2.45, 2.75) is 31.6 Å². The summed E-state index contributed by atoms with van der Waals surface area (Å²) in [5.41, 5.74) is 1.82. The molecule has 0 spiro atoms. The molecule has 1 aliphatic rings. The van der Waals surface area contributed by atoms with E-state index in [1.807, 2.05) is 44.2 Å². The molecule has 3 heterocycles. The Labute approximate surface area is 151 Å². The number of aliphatic hydroxyl groups excluding tert-OH is 1. The number of aromatic nitrogens is 2. The predicted molar refractivity (Wildman–Crippen MR) is 99.2 cm³/mol. The Morgan fingerprint density at radius 2 is 1.85 bits per heavy atom. The minimum atomic E-state index is -0.872. The molecule has 2 atom stereocenters. The van der Waals surface area contributed by atoms with E-state index in [4.69, 9.17) is 4.74 Å². The van der Waals surface area contributed by atoms with E-state index in [-0.39, 0.29) is 5.56 Å². The summed E-state index contributed by atoms with van der Waals surface area (Å²) >= 11 is 0. The third kappa shape index (κ3) is 2.70. The largest absolute Gasteiger partial charge is 0.485 e. The zero-order chi connectivity index (χ0) is 18.3. The van der Waals surface area contributed by atoms with Gasteiger partial charge in [0.05, 0.1) is 6.04 Å². The third-order valence-corrected chi connectivity index (χ3v) is 4.88. The summed E-state index contributed by atoms with van der Waals surface area (Å²) in [6, 6.07) is 14.2. The number of nitrogens with zero attached hydrogens (tertiary/aromatic N) is 2. The minimum Gasteiger partial charge on any atom is -0.485 e. The molecule has 5 heteroatoms. The Kier molecular flexibility index (Phi) is 3.89. The van der Waals surface area contributed by atoms with Crippen LogP contribution < -0.4 is 10.3 Å². The van der Waals surface area contributed by atoms with Crippen LogP contribution in [-0.4, -0.2) is 26.4 Å². The van der Waals surface area contributed by atoms with Gasteiger partial charge in [-0.25, -0.2) is 0 Å². The van der Waals surface area contributed by atoms with Gasteiger partial charge in [-0.15, -0.1) is 0 Å². The van der Waals surface area contributed by atoms with E-state index in [2.05, 4.69) is 4.98 Å². The summed E-state index contributed by atoms with van der Waals surface area (Å²) in [5.74, 6) is 0.679. The highest BCUT2D eigenvalue weighted by Crippen LogP contribution is 2.42. The van der Waals surface area contributed by atoms with Crippen LogP contribution in [0.25, 0.3) is 11.1 Å². The normalized spacial score (nSPS) is 20.9. The molecule has 3 aromatic rings. The van der Waals surface area contributed by atoms with Gasteiger partial charge in [0.25, 0.3) is 5.56 Å². The van der Waals surface area contributed by atoms with Crippen LogP contribution >= 0.6 is 0 Å². The van der Waals surface area contributed by atoms with Gasteiger partial charge in [0.2, 0.25) is 0 Å². The van der Waals surface area contributed by atoms with Gasteiger partial charge in [-0.05, 0) is 55.3 Å². The summed E-state index contributed by atoms with van der Waals surface area (Å²) in [6.45, 7) is 3.66. The molecule has 0 aliphatic carbocycles. The molecule has 2 aromatic heterocycles. The number of pyridine rings is 2. The average Bonchev–Trinajstić information content (AvgIpc) is 2.64. The zero-order valence-corrected chi connectivity index (χ0v) is 14.7. The van der Waals surface area contributed by atoms with Crippen molar-refractivity contribution in [1.29, 1.82) is 0 Å². The standard InChI is InChI=1S/C21H20N2O3/c1-21(2)20(25)19(23-12-4-3-5-18(23)24)16-13-15(6-7-17(16)26-21)14-8-10-22-11-9-14/h3-13,19-20,25H,1-2H3. The van der Waals surface area contributed by atoms with Crippen LogP contribution in [0.2, 0.25) is 0 Å². The Morgan fingerprint density at radius 1 is 1.08 bits per heavy atom. The van der Waals surface area contributed by atoms with E-state index in [9.17, 15) is 9.90 Å². The third-order valence-electron chi connectivity index (χ3n) is 4.88. The van der Waals surface area contributed by atoms with Crippen LogP contribution in [0.3, 0.4) is 0 Å². The first-order valence-electron chi connectivity index (χ1n) is 8.56. The lowest BCUT2D eigenvalue weighted by Crippen LogP contribution is -2.52. The molecule has 2 unspecified atom stereocenters. The molecule has 1 aliphatic heterocycles. The van der Waals surface area contributed by atoms with Crippen molar-refractivity contribution in [3.63, 3.8) is 0 Å². The van der Waals surface area contributed by atoms with E-state index in [0.717, 1.165) is 16.7 Å². The molecule has 5 nitrogen and oxygen atoms in total. The fourth-order valence-corrected chi connectivity index (χ4v) is 3.46. The molecule has 0 bridgehead atoms. The van der Waals surface area contributed by atoms with E-state index >= 15 is 0 Å². The van der Waals surface area contributed by atoms with E-state index in [0.29, 0.717) is 5.75 Å². The fourth-order valence-electron chi connectivity index (χ4n) is 3.46. The number of fused-ring (bicyclic) bond motifs is 1. The highest BCUT2D eigenvalue weighted by Gasteiger charge is 2.44. The van der Waals surface area contributed by atoms with Gasteiger partial charge in [0.1, 0.15) is 17.5 Å². The molecule has 0 saturated heterocycles. The molecule has 0 radical (unpaired) electrons. The van der Waals surface area contributed by atoms with E-state index < -0.39 is 17.7 Å². The zero-order valence-electron chi connectivity index (χ0n) is 14.7. The molecule has 0 fully saturated rings. The number of rotatable bonds is 2. The van der Waals surface area contributed by atoms with Gasteiger partial charge in [0, 0.05) is 30.2 Å². The van der Waals surface area contributed by atoms with Crippen molar-refractivity contribution < 1.29 is 9.84 Å². The average molecular weight is 348 g/mol. The molecule has 1 aromatic carbocycles. The van der Waals surface area contributed by atoms with Crippen LogP contribution in [0.1, 0.15) is 25.5 Å². The number of hydrogen-bond acceptors (Lipinski definition) is 4. The minimum absolute atomic E-state index is 0.158. The van der Waals surface area contributed by atoms with Crippen molar-refractivity contribution >= 4 is 0 Å². The molecular formula is C21H20N2O3. The second-order valence-electron chi connectivity index (χ2n) is 7.03. The molecule has 1 N–H and O–H groups in total. The highest BCUT2D eigenvalue weighted by atomic mass is 16.5. The van der Waals surface area contributed by atoms with Gasteiger partial charge in [-0.2, -0.15) is 0 Å². The van der Waals surface area contributed by atoms with Crippen LogP contribution in [0.5, 0.6) is 5.75 Å². The maximum absolute atomic E-state index is 12.4. The Balaban J connectivity index is 1.92. The monoisotopic (exact) mass is 348 g/mol. The molecule has 26 heavy (non-hydrogen) atoms. The van der Waals surface area contributed by atoms with Gasteiger partial charge in [-0.1, -0.05) is 12.1 Å². The lowest BCUT2D eigenvalue weighted by molar-refractivity contribution is -0.0642. The van der Waals surface area contributed by atoms with E-state index in [1.54, 1.807) is 35.3 Å². The van der Waals surface area contributed by atoms with Gasteiger partial charge in [0.15, 0.2) is 0 Å². The number of hydrogen-bond donors (Lipinski definition) is 1. The maximum Gasteiger partial charge on any atom is 0.251 e. The summed E-state index contributed by atoms with van der Waals surface area (Å²) in [4.78, 5) is 16.5. The van der Waals surface area contributed by atoms with Gasteiger partial charge in [-0.3, -0.25) is 9.78 Å². The SMILES string of the molecule is CC1(C)Oc2ccc(-c3ccncc3)cc2C(n2ccccc2=O)C1O. The van der Waals surface area contributed by atoms with Crippen molar-refractivity contribution in [3.05, 3.63) is 83.0 Å². The van der Waals surface area contributed by atoms with Crippen molar-refractivity contribution in [3.8, 4) is 16.9 Å². The second kappa shape index (κ2) is 6.11. The summed E-state index contributed by atoms with van der Waals surface area (Å²) < 4.78 is 7.61. The van der Waals surface area contributed by atoms with Crippen LogP contribution in [0, 0.1) is 0 Å². The second-order valence-corrected chi connectivity index (χ2v) is 7.03. The highest BCUT2D eigenvalue weighted by molar-refractivity contribution is 5.66. The Morgan fingerprint density at radius 3 is 2.58 bits per heavy atom. The van der Waals surface area contributed by atoms with E-state index in [1.165, 1.54) is 6.07 Å². The van der Waals surface area contributed by atoms with Gasteiger partial charge < -0.3 is 14.4 Å². The molecular weight excluding hydrogens is 328 g/mol. The first-order chi connectivity index (χ1) is 12.5. The molecule has 4 rings (SSSR count). The maximum atomic E-state index is 12.4. The lowest BCUT2D eigenvalue weighted by Gasteiger charge is -2.42. The number of ether oxygens (including phenoxy) is 1. The van der Waals surface area contributed by atoms with Crippen molar-refractivity contribution in [2.24, 2.45) is 0 Å². The van der Waals surface area contributed by atoms with Crippen molar-refractivity contribution in [2.75, 3.05) is 0 Å². The van der Waals surface area contributed by atoms with Crippen molar-refractivity contribution in [1.82, 2.24) is 9.55 Å². The van der Waals surface area contributed by atoms with Crippen LogP contribution in [-0.2, 0) is 0 Å². The number of benzene rings is 1. The molecule has 132 valence electrons. The Hall–Kier alpha value is -2.92. The van der Waals surface area contributed by atoms with Gasteiger partial charge >= 0.3 is 0 Å². The molecule has 0 amide bonds. The number of aliphatic hydroxyl groups is 1. The first-order valence-corrected chi connectivity index (χ1v) is 8.56. The molecule has 0 saturated carbocycles. The topological polar surface area (TPSA) is 64.4 Å². The fraction of sp³-hybridized carbons (Fsp3) is 0.238. The quantitative estimate of drug-likeness (QED) is 0.773. The summed E-state index contributed by atoms with van der Waals surface area (Å²) in [6.07, 6.45) is 4.31. The summed E-state index contributed by atoms with van der Waals surface area (Å²) in [7, 11) is 0. The lowest BCUT2D eigenvalue weighted by atomic mass is 9.85. The van der Waals surface area contributed by atoms with Crippen LogP contribution in [0.15, 0.2) is 71.9 Å². The van der Waals surface area contributed by atoms with Crippen LogP contribution in [0.4, 0.5) is 0 Å². The predicted octanol–water partition coefficient (Wildman–Crippen LogP) is 3.03. The Bertz CT molecular complexity index is 995. The summed E-state index contributed by atoms with van der Waals surface area (Å²) in [5, 5.41) is 11.0.